The highest BCUT2D eigenvalue weighted by molar-refractivity contribution is 6.05. The number of nitrogens with one attached hydrogen (secondary N) is 2. The summed E-state index contributed by atoms with van der Waals surface area (Å²) >= 11 is 0. The molecule has 198 valence electrons. The van der Waals surface area contributed by atoms with E-state index in [2.05, 4.69) is 15.5 Å². The van der Waals surface area contributed by atoms with Crippen molar-refractivity contribution in [2.75, 3.05) is 39.4 Å². The average molecular weight is 519 g/mol. The van der Waals surface area contributed by atoms with Gasteiger partial charge in [-0.3, -0.25) is 24.6 Å². The number of benzene rings is 2. The molecule has 1 aromatic heterocycles. The summed E-state index contributed by atoms with van der Waals surface area (Å²) in [4.78, 5) is 39.2. The number of rotatable bonds is 10. The van der Waals surface area contributed by atoms with Crippen molar-refractivity contribution in [2.24, 2.45) is 0 Å². The van der Waals surface area contributed by atoms with Crippen molar-refractivity contribution in [2.45, 2.75) is 13.3 Å². The van der Waals surface area contributed by atoms with E-state index in [0.717, 1.165) is 31.6 Å². The molecule has 1 fully saturated rings. The minimum absolute atomic E-state index is 0.00501. The van der Waals surface area contributed by atoms with Crippen molar-refractivity contribution in [1.29, 1.82) is 0 Å². The minimum Gasteiger partial charge on any atom is -0.456 e. The molecule has 1 saturated heterocycles. The van der Waals surface area contributed by atoms with Crippen LogP contribution in [0.15, 0.2) is 70.8 Å². The Bertz CT molecular complexity index is 1310. The fourth-order valence-electron chi connectivity index (χ4n) is 4.04. The van der Waals surface area contributed by atoms with E-state index < -0.39 is 16.7 Å². The van der Waals surface area contributed by atoms with Crippen molar-refractivity contribution < 1.29 is 23.7 Å². The quantitative estimate of drug-likeness (QED) is 0.181. The number of amides is 2. The van der Waals surface area contributed by atoms with Crippen molar-refractivity contribution >= 4 is 23.6 Å². The molecule has 1 aliphatic heterocycles. The van der Waals surface area contributed by atoms with E-state index >= 15 is 0 Å². The molecule has 0 atom stereocenters. The molecule has 38 heavy (non-hydrogen) atoms. The average Bonchev–Trinajstić information content (AvgIpc) is 3.40. The predicted molar refractivity (Wildman–Crippen MR) is 142 cm³/mol. The third kappa shape index (κ3) is 7.15. The van der Waals surface area contributed by atoms with Crippen LogP contribution in [0.1, 0.15) is 28.1 Å². The summed E-state index contributed by atoms with van der Waals surface area (Å²) in [7, 11) is 0. The van der Waals surface area contributed by atoms with Crippen molar-refractivity contribution in [3.8, 4) is 11.3 Å². The van der Waals surface area contributed by atoms with E-state index in [1.54, 1.807) is 42.5 Å². The zero-order valence-electron chi connectivity index (χ0n) is 21.1. The van der Waals surface area contributed by atoms with Gasteiger partial charge in [-0.2, -0.15) is 0 Å². The van der Waals surface area contributed by atoms with Crippen LogP contribution in [0.25, 0.3) is 17.4 Å². The highest BCUT2D eigenvalue weighted by Crippen LogP contribution is 2.31. The van der Waals surface area contributed by atoms with Gasteiger partial charge in [-0.1, -0.05) is 29.8 Å². The highest BCUT2D eigenvalue weighted by Gasteiger charge is 2.19. The first kappa shape index (κ1) is 26.8. The zero-order chi connectivity index (χ0) is 26.9. The van der Waals surface area contributed by atoms with Gasteiger partial charge >= 0.3 is 0 Å². The number of morpholine rings is 1. The molecule has 0 bridgehead atoms. The maximum atomic E-state index is 13.1. The van der Waals surface area contributed by atoms with Crippen LogP contribution in [0.2, 0.25) is 0 Å². The van der Waals surface area contributed by atoms with Gasteiger partial charge in [-0.05, 0) is 50.2 Å². The number of hydrogen-bond donors (Lipinski definition) is 2. The van der Waals surface area contributed by atoms with Crippen molar-refractivity contribution in [1.82, 2.24) is 15.5 Å². The number of nitrogens with zero attached hydrogens (tertiary/aromatic N) is 2. The number of ether oxygens (including phenoxy) is 1. The van der Waals surface area contributed by atoms with Crippen molar-refractivity contribution in [3.63, 3.8) is 0 Å². The summed E-state index contributed by atoms with van der Waals surface area (Å²) in [6.45, 7) is 6.33. The lowest BCUT2D eigenvalue weighted by Gasteiger charge is -2.26. The molecular weight excluding hydrogens is 488 g/mol. The standard InChI is InChI=1S/C28H30N4O6/c1-20-7-9-21(10-8-20)27(33)30-24(28(34)29-13-4-14-31-15-17-37-18-16-31)19-22-11-12-26(38-22)23-5-2-3-6-25(23)32(35)36/h2-3,5-12,19H,4,13-18H2,1H3,(H,29,34)(H,30,33). The lowest BCUT2D eigenvalue weighted by Crippen LogP contribution is -2.39. The summed E-state index contributed by atoms with van der Waals surface area (Å²) in [6, 6.07) is 16.4. The lowest BCUT2D eigenvalue weighted by molar-refractivity contribution is -0.384. The second-order valence-corrected chi connectivity index (χ2v) is 8.92. The Morgan fingerprint density at radius 1 is 1.05 bits per heavy atom. The zero-order valence-corrected chi connectivity index (χ0v) is 21.1. The molecule has 2 heterocycles. The number of carbonyl (C=O) groups excluding carboxylic acids is 2. The summed E-state index contributed by atoms with van der Waals surface area (Å²) in [5.74, 6) is -0.360. The van der Waals surface area contributed by atoms with Crippen LogP contribution in [0.4, 0.5) is 5.69 Å². The fourth-order valence-corrected chi connectivity index (χ4v) is 4.04. The number of para-hydroxylation sites is 1. The summed E-state index contributed by atoms with van der Waals surface area (Å²) in [5, 5.41) is 17.0. The van der Waals surface area contributed by atoms with E-state index in [1.807, 2.05) is 19.1 Å². The Hall–Kier alpha value is -4.28. The van der Waals surface area contributed by atoms with Crippen LogP contribution in [0.5, 0.6) is 0 Å². The van der Waals surface area contributed by atoms with Gasteiger partial charge in [-0.25, -0.2) is 0 Å². The monoisotopic (exact) mass is 518 g/mol. The molecule has 10 heteroatoms. The Morgan fingerprint density at radius 2 is 1.79 bits per heavy atom. The van der Waals surface area contributed by atoms with Crippen LogP contribution >= 0.6 is 0 Å². The number of nitro groups is 1. The SMILES string of the molecule is Cc1ccc(C(=O)NC(=Cc2ccc(-c3ccccc3[N+](=O)[O-])o2)C(=O)NCCCN2CCOCC2)cc1. The maximum Gasteiger partial charge on any atom is 0.280 e. The topological polar surface area (TPSA) is 127 Å². The molecule has 0 saturated carbocycles. The first-order valence-corrected chi connectivity index (χ1v) is 12.4. The largest absolute Gasteiger partial charge is 0.456 e. The third-order valence-electron chi connectivity index (χ3n) is 6.13. The number of aryl methyl sites for hydroxylation is 1. The first-order chi connectivity index (χ1) is 18.4. The molecule has 10 nitrogen and oxygen atoms in total. The first-order valence-electron chi connectivity index (χ1n) is 12.4. The number of furan rings is 1. The van der Waals surface area contributed by atoms with Gasteiger partial charge in [0, 0.05) is 37.3 Å². The predicted octanol–water partition coefficient (Wildman–Crippen LogP) is 3.77. The van der Waals surface area contributed by atoms with Crippen molar-refractivity contribution in [3.05, 3.63) is 93.4 Å². The Kier molecular flexibility index (Phi) is 9.02. The van der Waals surface area contributed by atoms with Gasteiger partial charge < -0.3 is 19.8 Å². The van der Waals surface area contributed by atoms with Crippen LogP contribution < -0.4 is 10.6 Å². The minimum atomic E-state index is -0.481. The lowest BCUT2D eigenvalue weighted by atomic mass is 10.1. The Labute approximate surface area is 220 Å². The van der Waals surface area contributed by atoms with Gasteiger partial charge in [0.05, 0.1) is 23.7 Å². The van der Waals surface area contributed by atoms with E-state index in [1.165, 1.54) is 12.1 Å². The third-order valence-corrected chi connectivity index (χ3v) is 6.13. The number of nitro benzene ring substituents is 1. The van der Waals surface area contributed by atoms with Gasteiger partial charge in [0.15, 0.2) is 0 Å². The van der Waals surface area contributed by atoms with Crippen LogP contribution in [0.3, 0.4) is 0 Å². The molecule has 2 amide bonds. The molecule has 1 aliphatic rings. The molecule has 0 spiro atoms. The fraction of sp³-hybridized carbons (Fsp3) is 0.286. The molecule has 2 aromatic carbocycles. The molecule has 2 N–H and O–H groups in total. The maximum absolute atomic E-state index is 13.1. The number of hydrogen-bond acceptors (Lipinski definition) is 7. The molecular formula is C28H30N4O6. The molecule has 0 aliphatic carbocycles. The van der Waals surface area contributed by atoms with Crippen LogP contribution in [0, 0.1) is 17.0 Å². The van der Waals surface area contributed by atoms with Gasteiger partial charge in [0.25, 0.3) is 17.5 Å². The van der Waals surface area contributed by atoms with Crippen LogP contribution in [-0.2, 0) is 9.53 Å². The summed E-state index contributed by atoms with van der Waals surface area (Å²) in [6.07, 6.45) is 2.16. The second kappa shape index (κ2) is 12.8. The Morgan fingerprint density at radius 3 is 2.53 bits per heavy atom. The summed E-state index contributed by atoms with van der Waals surface area (Å²) < 4.78 is 11.2. The molecule has 0 radical (unpaired) electrons. The highest BCUT2D eigenvalue weighted by atomic mass is 16.6. The normalized spacial score (nSPS) is 14.2. The Balaban J connectivity index is 1.50. The number of carbonyl (C=O) groups is 2. The molecule has 3 aromatic rings. The second-order valence-electron chi connectivity index (χ2n) is 8.92. The van der Waals surface area contributed by atoms with Crippen LogP contribution in [-0.4, -0.2) is 61.0 Å². The van der Waals surface area contributed by atoms with E-state index in [9.17, 15) is 19.7 Å². The van der Waals surface area contributed by atoms with E-state index in [0.29, 0.717) is 30.9 Å². The van der Waals surface area contributed by atoms with Gasteiger partial charge in [-0.15, -0.1) is 0 Å². The van der Waals surface area contributed by atoms with Gasteiger partial charge in [0.2, 0.25) is 0 Å². The van der Waals surface area contributed by atoms with E-state index in [4.69, 9.17) is 9.15 Å². The van der Waals surface area contributed by atoms with Gasteiger partial charge in [0.1, 0.15) is 17.2 Å². The smallest absolute Gasteiger partial charge is 0.280 e. The van der Waals surface area contributed by atoms with E-state index in [-0.39, 0.29) is 22.9 Å². The molecule has 0 unspecified atom stereocenters. The molecule has 4 rings (SSSR count). The summed E-state index contributed by atoms with van der Waals surface area (Å²) in [5.41, 5.74) is 1.64.